The van der Waals surface area contributed by atoms with Crippen molar-refractivity contribution in [3.63, 3.8) is 0 Å². The second-order valence-electron chi connectivity index (χ2n) is 7.38. The molecule has 0 fully saturated rings. The van der Waals surface area contributed by atoms with Crippen molar-refractivity contribution >= 4 is 11.8 Å². The first-order valence-corrected chi connectivity index (χ1v) is 9.70. The maximum atomic E-state index is 12.3. The molecule has 2 aromatic rings. The lowest BCUT2D eigenvalue weighted by Gasteiger charge is -2.17. The van der Waals surface area contributed by atoms with E-state index in [-0.39, 0.29) is 17.9 Å². The molecule has 1 unspecified atom stereocenters. The highest BCUT2D eigenvalue weighted by atomic mass is 16.5. The summed E-state index contributed by atoms with van der Waals surface area (Å²) in [7, 11) is 0. The Bertz CT molecular complexity index is 846. The molecule has 3 rings (SSSR count). The molecule has 1 aliphatic heterocycles. The number of aryl methyl sites for hydroxylation is 2. The van der Waals surface area contributed by atoms with E-state index in [1.165, 1.54) is 0 Å². The van der Waals surface area contributed by atoms with Gasteiger partial charge < -0.3 is 15.0 Å². The van der Waals surface area contributed by atoms with Gasteiger partial charge in [-0.1, -0.05) is 12.1 Å². The standard InChI is InChI=1S/C21H28N4O3/c1-15-8-9-25(23-15)13-16(2)22-21(27)7-5-18-4-6-20-19(12-18)14-24(17(3)26)10-11-28-20/h4,6,8-9,12,16H,5,7,10-11,13-14H2,1-3H3,(H,22,27). The molecule has 0 aliphatic carbocycles. The van der Waals surface area contributed by atoms with E-state index in [1.807, 2.05) is 49.0 Å². The normalized spacial score (nSPS) is 14.6. The third kappa shape index (κ3) is 5.34. The predicted octanol–water partition coefficient (Wildman–Crippen LogP) is 2.07. The maximum Gasteiger partial charge on any atom is 0.220 e. The third-order valence-electron chi connectivity index (χ3n) is 4.83. The van der Waals surface area contributed by atoms with E-state index in [4.69, 9.17) is 4.74 Å². The van der Waals surface area contributed by atoms with E-state index < -0.39 is 0 Å². The van der Waals surface area contributed by atoms with Crippen LogP contribution in [0.1, 0.15) is 37.1 Å². The fourth-order valence-corrected chi connectivity index (χ4v) is 3.37. The molecule has 2 heterocycles. The summed E-state index contributed by atoms with van der Waals surface area (Å²) in [6.07, 6.45) is 2.98. The predicted molar refractivity (Wildman–Crippen MR) is 106 cm³/mol. The molecular formula is C21H28N4O3. The minimum absolute atomic E-state index is 0.0105. The Kier molecular flexibility index (Phi) is 6.34. The minimum Gasteiger partial charge on any atom is -0.491 e. The third-order valence-corrected chi connectivity index (χ3v) is 4.83. The second-order valence-corrected chi connectivity index (χ2v) is 7.38. The average molecular weight is 384 g/mol. The Balaban J connectivity index is 1.52. The summed E-state index contributed by atoms with van der Waals surface area (Å²) >= 11 is 0. The number of fused-ring (bicyclic) bond motifs is 1. The van der Waals surface area contributed by atoms with Gasteiger partial charge in [-0.3, -0.25) is 14.3 Å². The fourth-order valence-electron chi connectivity index (χ4n) is 3.37. The largest absolute Gasteiger partial charge is 0.491 e. The first kappa shape index (κ1) is 19.9. The Morgan fingerprint density at radius 2 is 2.14 bits per heavy atom. The SMILES string of the molecule is CC(=O)N1CCOc2ccc(CCC(=O)NC(C)Cn3ccc(C)n3)cc2C1. The van der Waals surface area contributed by atoms with E-state index in [0.717, 1.165) is 22.6 Å². The minimum atomic E-state index is 0.0105. The number of amides is 2. The number of nitrogens with one attached hydrogen (secondary N) is 1. The highest BCUT2D eigenvalue weighted by Crippen LogP contribution is 2.25. The van der Waals surface area contributed by atoms with Gasteiger partial charge in [-0.05, 0) is 38.0 Å². The molecule has 0 saturated carbocycles. The molecule has 1 aromatic carbocycles. The van der Waals surface area contributed by atoms with Crippen LogP contribution >= 0.6 is 0 Å². The Hall–Kier alpha value is -2.83. The van der Waals surface area contributed by atoms with E-state index in [2.05, 4.69) is 10.4 Å². The van der Waals surface area contributed by atoms with Gasteiger partial charge in [0.25, 0.3) is 0 Å². The van der Waals surface area contributed by atoms with Crippen molar-refractivity contribution in [2.45, 2.75) is 52.7 Å². The van der Waals surface area contributed by atoms with Crippen molar-refractivity contribution in [1.82, 2.24) is 20.0 Å². The van der Waals surface area contributed by atoms with Crippen LogP contribution in [0.15, 0.2) is 30.5 Å². The van der Waals surface area contributed by atoms with Crippen LogP contribution in [0.3, 0.4) is 0 Å². The van der Waals surface area contributed by atoms with Gasteiger partial charge in [0.05, 0.1) is 18.8 Å². The van der Waals surface area contributed by atoms with Gasteiger partial charge in [-0.2, -0.15) is 5.10 Å². The van der Waals surface area contributed by atoms with Crippen LogP contribution in [0.5, 0.6) is 5.75 Å². The van der Waals surface area contributed by atoms with Crippen molar-refractivity contribution < 1.29 is 14.3 Å². The summed E-state index contributed by atoms with van der Waals surface area (Å²) in [4.78, 5) is 25.8. The zero-order valence-corrected chi connectivity index (χ0v) is 16.8. The van der Waals surface area contributed by atoms with Crippen LogP contribution in [-0.2, 0) is 29.1 Å². The Morgan fingerprint density at radius 1 is 1.32 bits per heavy atom. The molecule has 1 aromatic heterocycles. The Morgan fingerprint density at radius 3 is 2.86 bits per heavy atom. The van der Waals surface area contributed by atoms with Crippen LogP contribution in [0.4, 0.5) is 0 Å². The molecule has 0 saturated heterocycles. The lowest BCUT2D eigenvalue weighted by molar-refractivity contribution is -0.129. The molecule has 0 bridgehead atoms. The molecule has 1 atom stereocenters. The molecule has 7 nitrogen and oxygen atoms in total. The van der Waals surface area contributed by atoms with Gasteiger partial charge in [0, 0.05) is 37.7 Å². The zero-order valence-electron chi connectivity index (χ0n) is 16.8. The number of carbonyl (C=O) groups is 2. The fraction of sp³-hybridized carbons (Fsp3) is 0.476. The summed E-state index contributed by atoms with van der Waals surface area (Å²) in [6, 6.07) is 7.93. The van der Waals surface area contributed by atoms with Crippen molar-refractivity contribution in [2.24, 2.45) is 0 Å². The van der Waals surface area contributed by atoms with Crippen LogP contribution in [0.25, 0.3) is 0 Å². The smallest absolute Gasteiger partial charge is 0.220 e. The molecule has 1 aliphatic rings. The molecule has 0 spiro atoms. The maximum absolute atomic E-state index is 12.3. The van der Waals surface area contributed by atoms with E-state index in [1.54, 1.807) is 11.8 Å². The van der Waals surface area contributed by atoms with Gasteiger partial charge in [0.1, 0.15) is 12.4 Å². The van der Waals surface area contributed by atoms with E-state index >= 15 is 0 Å². The number of nitrogens with zero attached hydrogens (tertiary/aromatic N) is 3. The van der Waals surface area contributed by atoms with Crippen LogP contribution in [0, 0.1) is 6.92 Å². The average Bonchev–Trinajstić information content (AvgIpc) is 2.92. The van der Waals surface area contributed by atoms with Gasteiger partial charge >= 0.3 is 0 Å². The summed E-state index contributed by atoms with van der Waals surface area (Å²) in [6.45, 7) is 7.79. The quantitative estimate of drug-likeness (QED) is 0.827. The lowest BCUT2D eigenvalue weighted by atomic mass is 10.0. The second kappa shape index (κ2) is 8.91. The summed E-state index contributed by atoms with van der Waals surface area (Å²) in [5, 5.41) is 7.37. The Labute approximate surface area is 165 Å². The van der Waals surface area contributed by atoms with E-state index in [0.29, 0.717) is 39.1 Å². The lowest BCUT2D eigenvalue weighted by Crippen LogP contribution is -2.35. The molecule has 0 radical (unpaired) electrons. The highest BCUT2D eigenvalue weighted by Gasteiger charge is 2.18. The molecule has 150 valence electrons. The van der Waals surface area contributed by atoms with Crippen molar-refractivity contribution in [1.29, 1.82) is 0 Å². The van der Waals surface area contributed by atoms with Gasteiger partial charge in [-0.25, -0.2) is 0 Å². The summed E-state index contributed by atoms with van der Waals surface area (Å²) < 4.78 is 7.58. The van der Waals surface area contributed by atoms with Crippen molar-refractivity contribution in [3.05, 3.63) is 47.3 Å². The number of rotatable bonds is 6. The number of benzene rings is 1. The van der Waals surface area contributed by atoms with Gasteiger partial charge in [-0.15, -0.1) is 0 Å². The first-order valence-electron chi connectivity index (χ1n) is 9.70. The molecule has 7 heteroatoms. The number of carbonyl (C=O) groups excluding carboxylic acids is 2. The molecular weight excluding hydrogens is 356 g/mol. The van der Waals surface area contributed by atoms with Crippen LogP contribution < -0.4 is 10.1 Å². The topological polar surface area (TPSA) is 76.5 Å². The summed E-state index contributed by atoms with van der Waals surface area (Å²) in [5.74, 6) is 0.885. The van der Waals surface area contributed by atoms with Crippen LogP contribution in [0.2, 0.25) is 0 Å². The number of hydrogen-bond donors (Lipinski definition) is 1. The van der Waals surface area contributed by atoms with Crippen molar-refractivity contribution in [2.75, 3.05) is 13.2 Å². The molecule has 1 N–H and O–H groups in total. The van der Waals surface area contributed by atoms with Crippen molar-refractivity contribution in [3.8, 4) is 5.75 Å². The number of aromatic nitrogens is 2. The van der Waals surface area contributed by atoms with E-state index in [9.17, 15) is 9.59 Å². The van der Waals surface area contributed by atoms with Gasteiger partial charge in [0.15, 0.2) is 0 Å². The monoisotopic (exact) mass is 384 g/mol. The van der Waals surface area contributed by atoms with Gasteiger partial charge in [0.2, 0.25) is 11.8 Å². The first-order chi connectivity index (χ1) is 13.4. The number of ether oxygens (including phenoxy) is 1. The highest BCUT2D eigenvalue weighted by molar-refractivity contribution is 5.76. The molecule has 2 amide bonds. The molecule has 28 heavy (non-hydrogen) atoms. The zero-order chi connectivity index (χ0) is 20.1. The number of hydrogen-bond acceptors (Lipinski definition) is 4. The summed E-state index contributed by atoms with van der Waals surface area (Å²) in [5.41, 5.74) is 3.03. The van der Waals surface area contributed by atoms with Crippen LogP contribution in [-0.4, -0.2) is 45.7 Å².